The summed E-state index contributed by atoms with van der Waals surface area (Å²) in [6.07, 6.45) is 4.46. The third-order valence-corrected chi connectivity index (χ3v) is 6.75. The molecular formula is C22H21BrN4OS. The Kier molecular flexibility index (Phi) is 5.44. The monoisotopic (exact) mass is 468 g/mol. The van der Waals surface area contributed by atoms with Crippen LogP contribution in [0.25, 0.3) is 22.3 Å². The van der Waals surface area contributed by atoms with Gasteiger partial charge in [-0.2, -0.15) is 0 Å². The molecule has 0 radical (unpaired) electrons. The molecule has 1 aliphatic heterocycles. The first kappa shape index (κ1) is 18.9. The van der Waals surface area contributed by atoms with Crippen molar-refractivity contribution in [1.82, 2.24) is 19.7 Å². The standard InChI is InChI=1S/C22H21BrN4OS/c23-16-6-3-5-15(11-16)14-29-22-26-25-21(27(22)13-17-7-4-10-28-17)19-12-24-20-9-2-1-8-18(19)20/h1-3,5-6,8-9,11-12,17,24H,4,7,10,13-14H2. The van der Waals surface area contributed by atoms with E-state index in [1.54, 1.807) is 11.8 Å². The number of fused-ring (bicyclic) bond motifs is 1. The molecule has 1 atom stereocenters. The van der Waals surface area contributed by atoms with Crippen LogP contribution in [0.1, 0.15) is 18.4 Å². The number of benzene rings is 2. The highest BCUT2D eigenvalue weighted by Gasteiger charge is 2.23. The number of ether oxygens (including phenoxy) is 1. The smallest absolute Gasteiger partial charge is 0.191 e. The highest BCUT2D eigenvalue weighted by molar-refractivity contribution is 9.10. The van der Waals surface area contributed by atoms with Crippen LogP contribution in [0.4, 0.5) is 0 Å². The molecule has 148 valence electrons. The first-order valence-electron chi connectivity index (χ1n) is 9.76. The molecule has 4 aromatic rings. The summed E-state index contributed by atoms with van der Waals surface area (Å²) in [7, 11) is 0. The van der Waals surface area contributed by atoms with Crippen molar-refractivity contribution in [3.8, 4) is 11.4 Å². The van der Waals surface area contributed by atoms with Gasteiger partial charge < -0.3 is 9.72 Å². The molecule has 29 heavy (non-hydrogen) atoms. The number of aromatic nitrogens is 4. The summed E-state index contributed by atoms with van der Waals surface area (Å²) < 4.78 is 9.24. The SMILES string of the molecule is Brc1cccc(CSc2nnc(-c3c[nH]c4ccccc34)n2CC2CCCO2)c1. The molecule has 1 aliphatic rings. The van der Waals surface area contributed by atoms with Gasteiger partial charge in [0.25, 0.3) is 0 Å². The fourth-order valence-electron chi connectivity index (χ4n) is 3.78. The fourth-order valence-corrected chi connectivity index (χ4v) is 5.12. The van der Waals surface area contributed by atoms with Gasteiger partial charge in [0.05, 0.1) is 12.6 Å². The molecule has 7 heteroatoms. The number of rotatable bonds is 6. The van der Waals surface area contributed by atoms with E-state index in [4.69, 9.17) is 4.74 Å². The van der Waals surface area contributed by atoms with Crippen LogP contribution in [-0.2, 0) is 17.0 Å². The van der Waals surface area contributed by atoms with Gasteiger partial charge in [0.15, 0.2) is 11.0 Å². The van der Waals surface area contributed by atoms with Crippen molar-refractivity contribution >= 4 is 38.6 Å². The molecule has 2 aromatic carbocycles. The van der Waals surface area contributed by atoms with Crippen molar-refractivity contribution in [3.63, 3.8) is 0 Å². The number of aromatic amines is 1. The zero-order chi connectivity index (χ0) is 19.6. The van der Waals surface area contributed by atoms with Crippen LogP contribution in [0, 0.1) is 0 Å². The first-order chi connectivity index (χ1) is 14.3. The molecule has 0 saturated carbocycles. The lowest BCUT2D eigenvalue weighted by atomic mass is 10.1. The molecule has 2 aromatic heterocycles. The van der Waals surface area contributed by atoms with Gasteiger partial charge in [-0.15, -0.1) is 10.2 Å². The van der Waals surface area contributed by atoms with Crippen molar-refractivity contribution < 1.29 is 4.74 Å². The first-order valence-corrected chi connectivity index (χ1v) is 11.5. The van der Waals surface area contributed by atoms with Gasteiger partial charge in [-0.25, -0.2) is 0 Å². The molecule has 0 spiro atoms. The largest absolute Gasteiger partial charge is 0.376 e. The number of para-hydroxylation sites is 1. The van der Waals surface area contributed by atoms with E-state index in [1.807, 2.05) is 18.3 Å². The van der Waals surface area contributed by atoms with Gasteiger partial charge in [0.2, 0.25) is 0 Å². The van der Waals surface area contributed by atoms with Crippen molar-refractivity contribution in [2.24, 2.45) is 0 Å². The van der Waals surface area contributed by atoms with Crippen molar-refractivity contribution in [2.45, 2.75) is 36.4 Å². The zero-order valence-electron chi connectivity index (χ0n) is 15.8. The maximum absolute atomic E-state index is 5.92. The van der Waals surface area contributed by atoms with Crippen LogP contribution >= 0.6 is 27.7 Å². The summed E-state index contributed by atoms with van der Waals surface area (Å²) in [5.74, 6) is 1.74. The van der Waals surface area contributed by atoms with E-state index in [2.05, 4.69) is 72.1 Å². The molecule has 1 fully saturated rings. The maximum Gasteiger partial charge on any atom is 0.191 e. The third kappa shape index (κ3) is 3.99. The Hall–Kier alpha value is -2.09. The molecular weight excluding hydrogens is 448 g/mol. The lowest BCUT2D eigenvalue weighted by Gasteiger charge is -2.14. The van der Waals surface area contributed by atoms with Crippen LogP contribution in [0.15, 0.2) is 64.4 Å². The minimum atomic E-state index is 0.222. The lowest BCUT2D eigenvalue weighted by molar-refractivity contribution is 0.0953. The summed E-state index contributed by atoms with van der Waals surface area (Å²) in [5.41, 5.74) is 3.45. The molecule has 1 unspecified atom stereocenters. The highest BCUT2D eigenvalue weighted by atomic mass is 79.9. The average Bonchev–Trinajstić information content (AvgIpc) is 3.47. The van der Waals surface area contributed by atoms with Gasteiger partial charge in [-0.1, -0.05) is 58.0 Å². The van der Waals surface area contributed by atoms with E-state index in [9.17, 15) is 0 Å². The number of halogens is 1. The molecule has 1 N–H and O–H groups in total. The molecule has 0 aliphatic carbocycles. The second kappa shape index (κ2) is 8.34. The normalized spacial score (nSPS) is 16.7. The van der Waals surface area contributed by atoms with Crippen molar-refractivity contribution in [1.29, 1.82) is 0 Å². The van der Waals surface area contributed by atoms with E-state index < -0.39 is 0 Å². The second-order valence-corrected chi connectivity index (χ2v) is 9.08. The second-order valence-electron chi connectivity index (χ2n) is 7.22. The molecule has 0 amide bonds. The predicted molar refractivity (Wildman–Crippen MR) is 120 cm³/mol. The number of nitrogens with one attached hydrogen (secondary N) is 1. The van der Waals surface area contributed by atoms with E-state index >= 15 is 0 Å². The van der Waals surface area contributed by atoms with Gasteiger partial charge in [0.1, 0.15) is 0 Å². The Bertz CT molecular complexity index is 1130. The molecule has 1 saturated heterocycles. The van der Waals surface area contributed by atoms with E-state index in [0.717, 1.165) is 63.7 Å². The molecule has 5 rings (SSSR count). The van der Waals surface area contributed by atoms with Crippen molar-refractivity contribution in [3.05, 3.63) is 64.8 Å². The van der Waals surface area contributed by atoms with Crippen molar-refractivity contribution in [2.75, 3.05) is 6.61 Å². The maximum atomic E-state index is 5.92. The van der Waals surface area contributed by atoms with Crippen LogP contribution in [0.2, 0.25) is 0 Å². The number of hydrogen-bond donors (Lipinski definition) is 1. The lowest BCUT2D eigenvalue weighted by Crippen LogP contribution is -2.16. The number of H-pyrrole nitrogens is 1. The average molecular weight is 469 g/mol. The highest BCUT2D eigenvalue weighted by Crippen LogP contribution is 2.32. The van der Waals surface area contributed by atoms with Crippen LogP contribution < -0.4 is 0 Å². The van der Waals surface area contributed by atoms with Crippen LogP contribution in [0.3, 0.4) is 0 Å². The Labute approximate surface area is 182 Å². The van der Waals surface area contributed by atoms with E-state index in [-0.39, 0.29) is 6.10 Å². The summed E-state index contributed by atoms with van der Waals surface area (Å²) in [5, 5.41) is 11.2. The summed E-state index contributed by atoms with van der Waals surface area (Å²) >= 11 is 5.27. The fraction of sp³-hybridized carbons (Fsp3) is 0.273. The summed E-state index contributed by atoms with van der Waals surface area (Å²) in [4.78, 5) is 3.36. The van der Waals surface area contributed by atoms with Gasteiger partial charge in [-0.05, 0) is 36.6 Å². The van der Waals surface area contributed by atoms with E-state index in [0.29, 0.717) is 0 Å². The minimum Gasteiger partial charge on any atom is -0.376 e. The van der Waals surface area contributed by atoms with Gasteiger partial charge in [0, 0.05) is 39.5 Å². The summed E-state index contributed by atoms with van der Waals surface area (Å²) in [6, 6.07) is 16.7. The van der Waals surface area contributed by atoms with E-state index in [1.165, 1.54) is 5.56 Å². The Morgan fingerprint density at radius 2 is 2.10 bits per heavy atom. The minimum absolute atomic E-state index is 0.222. The summed E-state index contributed by atoms with van der Waals surface area (Å²) in [6.45, 7) is 1.62. The molecule has 5 nitrogen and oxygen atoms in total. The Morgan fingerprint density at radius 3 is 2.97 bits per heavy atom. The predicted octanol–water partition coefficient (Wildman–Crippen LogP) is 5.66. The zero-order valence-corrected chi connectivity index (χ0v) is 18.2. The molecule has 0 bridgehead atoms. The third-order valence-electron chi connectivity index (χ3n) is 5.21. The number of nitrogens with zero attached hydrogens (tertiary/aromatic N) is 3. The Morgan fingerprint density at radius 1 is 1.17 bits per heavy atom. The number of hydrogen-bond acceptors (Lipinski definition) is 4. The van der Waals surface area contributed by atoms with Gasteiger partial charge >= 0.3 is 0 Å². The van der Waals surface area contributed by atoms with Crippen LogP contribution in [-0.4, -0.2) is 32.5 Å². The quantitative estimate of drug-likeness (QED) is 0.370. The van der Waals surface area contributed by atoms with Gasteiger partial charge in [-0.3, -0.25) is 4.57 Å². The number of thioether (sulfide) groups is 1. The molecule has 3 heterocycles. The van der Waals surface area contributed by atoms with Crippen LogP contribution in [0.5, 0.6) is 0 Å². The Balaban J connectivity index is 1.49. The topological polar surface area (TPSA) is 55.7 Å².